The second-order valence-corrected chi connectivity index (χ2v) is 5.87. The topological polar surface area (TPSA) is 72.5 Å². The van der Waals surface area contributed by atoms with Crippen LogP contribution in [-0.4, -0.2) is 21.0 Å². The molecule has 0 amide bonds. The Bertz CT molecular complexity index is 623. The largest absolute Gasteiger partial charge is 0.464 e. The lowest BCUT2D eigenvalue weighted by molar-refractivity contribution is -0.150. The van der Waals surface area contributed by atoms with Crippen LogP contribution in [-0.2, 0) is 25.1 Å². The van der Waals surface area contributed by atoms with Crippen molar-refractivity contribution in [2.45, 2.75) is 23.8 Å². The predicted molar refractivity (Wildman–Crippen MR) is 69.9 cm³/mol. The zero-order valence-corrected chi connectivity index (χ0v) is 11.4. The Morgan fingerprint density at radius 3 is 2.79 bits per heavy atom. The molecule has 1 aromatic carbocycles. The van der Waals surface area contributed by atoms with E-state index in [1.54, 1.807) is 25.1 Å². The summed E-state index contributed by atoms with van der Waals surface area (Å²) in [5, 5.41) is 0. The maximum Gasteiger partial charge on any atom is 0.332 e. The summed E-state index contributed by atoms with van der Waals surface area (Å²) in [6.45, 7) is 5.45. The third kappa shape index (κ3) is 2.06. The second kappa shape index (κ2) is 4.79. The van der Waals surface area contributed by atoms with Crippen molar-refractivity contribution >= 4 is 16.0 Å². The molecule has 1 heterocycles. The van der Waals surface area contributed by atoms with Gasteiger partial charge in [-0.05, 0) is 19.4 Å². The first kappa shape index (κ1) is 13.8. The number of nitrogens with one attached hydrogen (secondary N) is 1. The Morgan fingerprint density at radius 2 is 2.16 bits per heavy atom. The summed E-state index contributed by atoms with van der Waals surface area (Å²) in [6.07, 6.45) is 1.64. The molecule has 1 aliphatic rings. The lowest BCUT2D eigenvalue weighted by Gasteiger charge is -2.25. The molecule has 1 atom stereocenters. The highest BCUT2D eigenvalue weighted by molar-refractivity contribution is 7.90. The van der Waals surface area contributed by atoms with Crippen LogP contribution in [0.2, 0.25) is 0 Å². The van der Waals surface area contributed by atoms with E-state index < -0.39 is 21.5 Å². The van der Waals surface area contributed by atoms with Crippen molar-refractivity contribution in [2.24, 2.45) is 0 Å². The number of sulfonamides is 1. The SMILES string of the molecule is C=CC[C@@]1(C(=O)OCC)NS(=O)(=O)c2ccccc21. The number of rotatable bonds is 4. The van der Waals surface area contributed by atoms with E-state index in [4.69, 9.17) is 4.74 Å². The van der Waals surface area contributed by atoms with E-state index in [9.17, 15) is 13.2 Å². The highest BCUT2D eigenvalue weighted by atomic mass is 32.2. The summed E-state index contributed by atoms with van der Waals surface area (Å²) < 4.78 is 31.6. The van der Waals surface area contributed by atoms with Crippen LogP contribution in [0.3, 0.4) is 0 Å². The Morgan fingerprint density at radius 1 is 1.47 bits per heavy atom. The van der Waals surface area contributed by atoms with Gasteiger partial charge in [-0.1, -0.05) is 24.3 Å². The van der Waals surface area contributed by atoms with Crippen LogP contribution >= 0.6 is 0 Å². The third-order valence-corrected chi connectivity index (χ3v) is 4.57. The summed E-state index contributed by atoms with van der Waals surface area (Å²) in [6, 6.07) is 6.40. The number of ether oxygens (including phenoxy) is 1. The molecule has 0 aromatic heterocycles. The molecule has 6 heteroatoms. The average Bonchev–Trinajstić information content (AvgIpc) is 2.60. The Balaban J connectivity index is 2.65. The fourth-order valence-electron chi connectivity index (χ4n) is 2.25. The molecule has 1 N–H and O–H groups in total. The highest BCUT2D eigenvalue weighted by Crippen LogP contribution is 2.39. The fraction of sp³-hybridized carbons (Fsp3) is 0.308. The Kier molecular flexibility index (Phi) is 3.47. The fourth-order valence-corrected chi connectivity index (χ4v) is 3.89. The molecule has 19 heavy (non-hydrogen) atoms. The van der Waals surface area contributed by atoms with Gasteiger partial charge in [0.25, 0.3) is 0 Å². The van der Waals surface area contributed by atoms with Crippen molar-refractivity contribution in [3.63, 3.8) is 0 Å². The molecule has 1 aliphatic heterocycles. The normalized spacial score (nSPS) is 23.6. The summed E-state index contributed by atoms with van der Waals surface area (Å²) in [4.78, 5) is 12.3. The molecule has 1 aromatic rings. The van der Waals surface area contributed by atoms with Crippen LogP contribution < -0.4 is 4.72 Å². The molecule has 0 aliphatic carbocycles. The van der Waals surface area contributed by atoms with Crippen molar-refractivity contribution in [3.05, 3.63) is 42.5 Å². The van der Waals surface area contributed by atoms with Gasteiger partial charge in [-0.25, -0.2) is 13.2 Å². The van der Waals surface area contributed by atoms with Gasteiger partial charge in [0, 0.05) is 5.56 Å². The van der Waals surface area contributed by atoms with E-state index in [0.717, 1.165) is 0 Å². The van der Waals surface area contributed by atoms with E-state index in [-0.39, 0.29) is 17.9 Å². The van der Waals surface area contributed by atoms with Crippen molar-refractivity contribution in [1.29, 1.82) is 0 Å². The second-order valence-electron chi connectivity index (χ2n) is 4.22. The molecule has 0 radical (unpaired) electrons. The molecule has 0 spiro atoms. The van der Waals surface area contributed by atoms with Crippen LogP contribution in [0.5, 0.6) is 0 Å². The molecule has 102 valence electrons. The maximum atomic E-state index is 12.2. The first-order valence-electron chi connectivity index (χ1n) is 5.89. The van der Waals surface area contributed by atoms with Crippen LogP contribution in [0.15, 0.2) is 41.8 Å². The molecule has 2 rings (SSSR count). The number of carbonyl (C=O) groups excluding carboxylic acids is 1. The van der Waals surface area contributed by atoms with Gasteiger partial charge in [0.1, 0.15) is 0 Å². The first-order chi connectivity index (χ1) is 8.98. The number of fused-ring (bicyclic) bond motifs is 1. The van der Waals surface area contributed by atoms with Gasteiger partial charge in [0.2, 0.25) is 10.0 Å². The predicted octanol–water partition coefficient (Wildman–Crippen LogP) is 1.31. The Hall–Kier alpha value is -1.66. The molecule has 0 fully saturated rings. The number of benzene rings is 1. The highest BCUT2D eigenvalue weighted by Gasteiger charge is 2.52. The quantitative estimate of drug-likeness (QED) is 0.667. The minimum Gasteiger partial charge on any atom is -0.464 e. The molecular formula is C13H15NO4S. The van der Waals surface area contributed by atoms with Crippen molar-refractivity contribution in [2.75, 3.05) is 6.61 Å². The van der Waals surface area contributed by atoms with E-state index in [0.29, 0.717) is 5.56 Å². The zero-order chi connectivity index (χ0) is 14.1. The third-order valence-electron chi connectivity index (χ3n) is 3.02. The summed E-state index contributed by atoms with van der Waals surface area (Å²) in [5.41, 5.74) is -0.985. The number of hydrogen-bond acceptors (Lipinski definition) is 4. The van der Waals surface area contributed by atoms with Crippen LogP contribution in [0.1, 0.15) is 18.9 Å². The van der Waals surface area contributed by atoms with Gasteiger partial charge in [-0.3, -0.25) is 0 Å². The summed E-state index contributed by atoms with van der Waals surface area (Å²) >= 11 is 0. The van der Waals surface area contributed by atoms with Crippen molar-refractivity contribution in [3.8, 4) is 0 Å². The molecule has 0 saturated carbocycles. The average molecular weight is 281 g/mol. The lowest BCUT2D eigenvalue weighted by Crippen LogP contribution is -2.47. The summed E-state index contributed by atoms with van der Waals surface area (Å²) in [5.74, 6) is -0.608. The molecular weight excluding hydrogens is 266 g/mol. The number of carbonyl (C=O) groups is 1. The molecule has 5 nitrogen and oxygen atoms in total. The molecule has 0 saturated heterocycles. The van der Waals surface area contributed by atoms with Gasteiger partial charge in [0.15, 0.2) is 5.54 Å². The smallest absolute Gasteiger partial charge is 0.332 e. The first-order valence-corrected chi connectivity index (χ1v) is 7.38. The van der Waals surface area contributed by atoms with Gasteiger partial charge in [-0.2, -0.15) is 4.72 Å². The van der Waals surface area contributed by atoms with E-state index >= 15 is 0 Å². The van der Waals surface area contributed by atoms with Crippen molar-refractivity contribution in [1.82, 2.24) is 4.72 Å². The van der Waals surface area contributed by atoms with Crippen molar-refractivity contribution < 1.29 is 17.9 Å². The van der Waals surface area contributed by atoms with E-state index in [2.05, 4.69) is 11.3 Å². The van der Waals surface area contributed by atoms with E-state index in [1.165, 1.54) is 12.1 Å². The zero-order valence-electron chi connectivity index (χ0n) is 10.5. The van der Waals surface area contributed by atoms with E-state index in [1.807, 2.05) is 0 Å². The van der Waals surface area contributed by atoms with Gasteiger partial charge < -0.3 is 4.74 Å². The van der Waals surface area contributed by atoms with Crippen LogP contribution in [0, 0.1) is 0 Å². The summed E-state index contributed by atoms with van der Waals surface area (Å²) in [7, 11) is -3.70. The monoisotopic (exact) mass is 281 g/mol. The number of hydrogen-bond donors (Lipinski definition) is 1. The minimum absolute atomic E-state index is 0.116. The molecule has 0 bridgehead atoms. The van der Waals surface area contributed by atoms with Crippen LogP contribution in [0.25, 0.3) is 0 Å². The number of esters is 1. The van der Waals surface area contributed by atoms with Crippen LogP contribution in [0.4, 0.5) is 0 Å². The lowest BCUT2D eigenvalue weighted by atomic mass is 9.88. The van der Waals surface area contributed by atoms with Gasteiger partial charge >= 0.3 is 5.97 Å². The minimum atomic E-state index is -3.70. The van der Waals surface area contributed by atoms with Gasteiger partial charge in [-0.15, -0.1) is 6.58 Å². The standard InChI is InChI=1S/C13H15NO4S/c1-3-9-13(12(15)18-4-2)10-7-5-6-8-11(10)19(16,17)14-13/h3,5-8,14H,1,4,9H2,2H3/t13-/m1/s1. The molecule has 0 unspecified atom stereocenters. The maximum absolute atomic E-state index is 12.2. The van der Waals surface area contributed by atoms with Gasteiger partial charge in [0.05, 0.1) is 11.5 Å². The Labute approximate surface area is 112 Å².